The van der Waals surface area contributed by atoms with Crippen LogP contribution in [0.1, 0.15) is 24.5 Å². The third-order valence-electron chi connectivity index (χ3n) is 2.87. The maximum atomic E-state index is 11.8. The van der Waals surface area contributed by atoms with E-state index in [1.807, 2.05) is 17.5 Å². The first-order valence-corrected chi connectivity index (χ1v) is 7.12. The minimum Gasteiger partial charge on any atom is -0.326 e. The first-order chi connectivity index (χ1) is 8.78. The quantitative estimate of drug-likeness (QED) is 0.867. The molecule has 0 aliphatic rings. The highest BCUT2D eigenvalue weighted by atomic mass is 32.1. The van der Waals surface area contributed by atoms with Crippen LogP contribution in [-0.2, 0) is 17.6 Å². The van der Waals surface area contributed by atoms with Gasteiger partial charge in [0.1, 0.15) is 0 Å². The van der Waals surface area contributed by atoms with E-state index in [-0.39, 0.29) is 5.91 Å². The first kappa shape index (κ1) is 12.8. The number of rotatable bonds is 5. The van der Waals surface area contributed by atoms with Gasteiger partial charge in [0.25, 0.3) is 0 Å². The summed E-state index contributed by atoms with van der Waals surface area (Å²) < 4.78 is 0. The van der Waals surface area contributed by atoms with Crippen molar-refractivity contribution in [1.29, 1.82) is 0 Å². The van der Waals surface area contributed by atoms with E-state index < -0.39 is 0 Å². The number of benzene rings is 1. The molecule has 3 heteroatoms. The van der Waals surface area contributed by atoms with Crippen molar-refractivity contribution < 1.29 is 4.79 Å². The van der Waals surface area contributed by atoms with Gasteiger partial charge in [0.05, 0.1) is 0 Å². The van der Waals surface area contributed by atoms with Crippen LogP contribution in [0.25, 0.3) is 0 Å². The molecule has 1 aromatic carbocycles. The second kappa shape index (κ2) is 6.36. The van der Waals surface area contributed by atoms with Crippen molar-refractivity contribution in [2.45, 2.75) is 26.2 Å². The normalized spacial score (nSPS) is 10.3. The molecule has 2 nitrogen and oxygen atoms in total. The number of carbonyl (C=O) groups excluding carboxylic acids is 1. The lowest BCUT2D eigenvalue weighted by Gasteiger charge is -2.05. The summed E-state index contributed by atoms with van der Waals surface area (Å²) in [5.74, 6) is 0.0745. The highest BCUT2D eigenvalue weighted by molar-refractivity contribution is 7.07. The topological polar surface area (TPSA) is 29.1 Å². The molecule has 0 radical (unpaired) electrons. The summed E-state index contributed by atoms with van der Waals surface area (Å²) in [5.41, 5.74) is 3.39. The second-order valence-corrected chi connectivity index (χ2v) is 5.01. The molecule has 2 aromatic rings. The fourth-order valence-electron chi connectivity index (χ4n) is 1.74. The lowest BCUT2D eigenvalue weighted by atomic mass is 10.1. The number of carbonyl (C=O) groups is 1. The van der Waals surface area contributed by atoms with Crippen LogP contribution in [0.2, 0.25) is 0 Å². The monoisotopic (exact) mass is 259 g/mol. The molecule has 2 rings (SSSR count). The van der Waals surface area contributed by atoms with Crippen LogP contribution in [0, 0.1) is 0 Å². The van der Waals surface area contributed by atoms with E-state index in [2.05, 4.69) is 35.8 Å². The van der Waals surface area contributed by atoms with Gasteiger partial charge in [-0.05, 0) is 52.9 Å². The highest BCUT2D eigenvalue weighted by Crippen LogP contribution is 2.12. The fourth-order valence-corrected chi connectivity index (χ4v) is 2.44. The summed E-state index contributed by atoms with van der Waals surface area (Å²) in [5, 5.41) is 7.05. The molecule has 0 spiro atoms. The number of aryl methyl sites for hydroxylation is 2. The van der Waals surface area contributed by atoms with Crippen LogP contribution in [-0.4, -0.2) is 5.91 Å². The Kier molecular flexibility index (Phi) is 4.53. The molecular weight excluding hydrogens is 242 g/mol. The summed E-state index contributed by atoms with van der Waals surface area (Å²) in [6.07, 6.45) is 2.36. The van der Waals surface area contributed by atoms with Crippen molar-refractivity contribution in [1.82, 2.24) is 0 Å². The van der Waals surface area contributed by atoms with E-state index >= 15 is 0 Å². The molecule has 0 unspecified atom stereocenters. The predicted molar refractivity (Wildman–Crippen MR) is 77.1 cm³/mol. The van der Waals surface area contributed by atoms with E-state index in [1.54, 1.807) is 11.3 Å². The standard InChI is InChI=1S/C15H17NOS/c1-2-12-3-6-14(7-4-12)16-15(17)8-5-13-9-10-18-11-13/h3-4,6-7,9-11H,2,5,8H2,1H3,(H,16,17). The smallest absolute Gasteiger partial charge is 0.224 e. The van der Waals surface area contributed by atoms with E-state index in [0.717, 1.165) is 18.5 Å². The Bertz CT molecular complexity index is 488. The minimum atomic E-state index is 0.0745. The largest absolute Gasteiger partial charge is 0.326 e. The predicted octanol–water partition coefficient (Wildman–Crippen LogP) is 3.88. The lowest BCUT2D eigenvalue weighted by molar-refractivity contribution is -0.116. The van der Waals surface area contributed by atoms with Gasteiger partial charge in [0.15, 0.2) is 0 Å². The van der Waals surface area contributed by atoms with Crippen LogP contribution in [0.5, 0.6) is 0 Å². The average Bonchev–Trinajstić information content (AvgIpc) is 2.90. The van der Waals surface area contributed by atoms with Gasteiger partial charge in [-0.25, -0.2) is 0 Å². The minimum absolute atomic E-state index is 0.0745. The average molecular weight is 259 g/mol. The zero-order valence-electron chi connectivity index (χ0n) is 10.5. The lowest BCUT2D eigenvalue weighted by Crippen LogP contribution is -2.12. The van der Waals surface area contributed by atoms with Crippen molar-refractivity contribution in [2.24, 2.45) is 0 Å². The summed E-state index contributed by atoms with van der Waals surface area (Å²) in [7, 11) is 0. The molecule has 94 valence electrons. The number of hydrogen-bond acceptors (Lipinski definition) is 2. The molecule has 0 saturated carbocycles. The van der Waals surface area contributed by atoms with Crippen LogP contribution in [0.4, 0.5) is 5.69 Å². The van der Waals surface area contributed by atoms with Gasteiger partial charge in [0.2, 0.25) is 5.91 Å². The number of anilines is 1. The van der Waals surface area contributed by atoms with E-state index in [0.29, 0.717) is 6.42 Å². The second-order valence-electron chi connectivity index (χ2n) is 4.23. The van der Waals surface area contributed by atoms with Crippen LogP contribution in [0.15, 0.2) is 41.1 Å². The molecule has 0 saturated heterocycles. The van der Waals surface area contributed by atoms with Crippen molar-refractivity contribution >= 4 is 22.9 Å². The summed E-state index contributed by atoms with van der Waals surface area (Å²) in [4.78, 5) is 11.8. The molecular formula is C15H17NOS. The maximum Gasteiger partial charge on any atom is 0.224 e. The van der Waals surface area contributed by atoms with Gasteiger partial charge < -0.3 is 5.32 Å². The number of amides is 1. The molecule has 1 amide bonds. The molecule has 0 atom stereocenters. The van der Waals surface area contributed by atoms with Gasteiger partial charge in [-0.1, -0.05) is 19.1 Å². The van der Waals surface area contributed by atoms with Crippen molar-refractivity contribution in [3.05, 3.63) is 52.2 Å². The van der Waals surface area contributed by atoms with Crippen LogP contribution < -0.4 is 5.32 Å². The molecule has 1 heterocycles. The summed E-state index contributed by atoms with van der Waals surface area (Å²) >= 11 is 1.67. The number of thiophene rings is 1. The maximum absolute atomic E-state index is 11.8. The van der Waals surface area contributed by atoms with Gasteiger partial charge in [-0.2, -0.15) is 11.3 Å². The molecule has 0 aliphatic heterocycles. The zero-order chi connectivity index (χ0) is 12.8. The van der Waals surface area contributed by atoms with Crippen molar-refractivity contribution in [2.75, 3.05) is 5.32 Å². The van der Waals surface area contributed by atoms with Gasteiger partial charge in [0, 0.05) is 12.1 Å². The van der Waals surface area contributed by atoms with Crippen molar-refractivity contribution in [3.63, 3.8) is 0 Å². The SMILES string of the molecule is CCc1ccc(NC(=O)CCc2ccsc2)cc1. The van der Waals surface area contributed by atoms with Crippen LogP contribution in [0.3, 0.4) is 0 Å². The molecule has 18 heavy (non-hydrogen) atoms. The summed E-state index contributed by atoms with van der Waals surface area (Å²) in [6.45, 7) is 2.12. The van der Waals surface area contributed by atoms with E-state index in [1.165, 1.54) is 11.1 Å². The Hall–Kier alpha value is -1.61. The first-order valence-electron chi connectivity index (χ1n) is 6.18. The highest BCUT2D eigenvalue weighted by Gasteiger charge is 2.03. The third kappa shape index (κ3) is 3.70. The number of nitrogens with one attached hydrogen (secondary N) is 1. The fraction of sp³-hybridized carbons (Fsp3) is 0.267. The third-order valence-corrected chi connectivity index (χ3v) is 3.60. The van der Waals surface area contributed by atoms with E-state index in [4.69, 9.17) is 0 Å². The van der Waals surface area contributed by atoms with Crippen molar-refractivity contribution in [3.8, 4) is 0 Å². The molecule has 0 aliphatic carbocycles. The Balaban J connectivity index is 1.83. The molecule has 0 bridgehead atoms. The van der Waals surface area contributed by atoms with Gasteiger partial charge in [-0.15, -0.1) is 0 Å². The Morgan fingerprint density at radius 1 is 1.17 bits per heavy atom. The zero-order valence-corrected chi connectivity index (χ0v) is 11.3. The van der Waals surface area contributed by atoms with E-state index in [9.17, 15) is 4.79 Å². The van der Waals surface area contributed by atoms with Gasteiger partial charge >= 0.3 is 0 Å². The van der Waals surface area contributed by atoms with Gasteiger partial charge in [-0.3, -0.25) is 4.79 Å². The summed E-state index contributed by atoms with van der Waals surface area (Å²) in [6, 6.07) is 10.1. The van der Waals surface area contributed by atoms with Crippen LogP contribution >= 0.6 is 11.3 Å². The Morgan fingerprint density at radius 3 is 2.56 bits per heavy atom. The molecule has 1 N–H and O–H groups in total. The Labute approximate surface area is 112 Å². The Morgan fingerprint density at radius 2 is 1.94 bits per heavy atom. The molecule has 0 fully saturated rings. The molecule has 1 aromatic heterocycles. The number of hydrogen-bond donors (Lipinski definition) is 1.